The highest BCUT2D eigenvalue weighted by molar-refractivity contribution is 6.64. The molecule has 1 aromatic carbocycles. The lowest BCUT2D eigenvalue weighted by molar-refractivity contribution is -0.113. The van der Waals surface area contributed by atoms with Crippen LogP contribution in [0.15, 0.2) is 24.3 Å². The van der Waals surface area contributed by atoms with E-state index in [0.717, 1.165) is 24.8 Å². The van der Waals surface area contributed by atoms with Crippen molar-refractivity contribution >= 4 is 28.4 Å². The van der Waals surface area contributed by atoms with Gasteiger partial charge in [-0.05, 0) is 35.7 Å². The molecule has 1 aromatic rings. The van der Waals surface area contributed by atoms with Crippen molar-refractivity contribution in [3.63, 3.8) is 0 Å². The Morgan fingerprint density at radius 2 is 2.20 bits per heavy atom. The molecule has 0 heterocycles. The zero-order valence-electron chi connectivity index (χ0n) is 8.67. The summed E-state index contributed by atoms with van der Waals surface area (Å²) in [5.74, 6) is -0.217. The molecule has 0 aliphatic rings. The first-order chi connectivity index (χ1) is 7.15. The highest BCUT2D eigenvalue weighted by Crippen LogP contribution is 2.26. The fourth-order valence-electron chi connectivity index (χ4n) is 1.54. The van der Waals surface area contributed by atoms with Crippen molar-refractivity contribution in [2.24, 2.45) is 0 Å². The van der Waals surface area contributed by atoms with Crippen LogP contribution < -0.4 is 0 Å². The molecule has 0 saturated carbocycles. The summed E-state index contributed by atoms with van der Waals surface area (Å²) >= 11 is 11.5. The monoisotopic (exact) mass is 244 g/mol. The van der Waals surface area contributed by atoms with Crippen molar-refractivity contribution in [3.05, 3.63) is 34.9 Å². The molecule has 0 radical (unpaired) electrons. The smallest absolute Gasteiger partial charge is 0.229 e. The molecule has 0 aromatic heterocycles. The van der Waals surface area contributed by atoms with Gasteiger partial charge < -0.3 is 0 Å². The van der Waals surface area contributed by atoms with Gasteiger partial charge >= 0.3 is 0 Å². The Morgan fingerprint density at radius 3 is 2.73 bits per heavy atom. The number of benzene rings is 1. The highest BCUT2D eigenvalue weighted by atomic mass is 35.5. The van der Waals surface area contributed by atoms with E-state index in [2.05, 4.69) is 6.92 Å². The average molecular weight is 245 g/mol. The van der Waals surface area contributed by atoms with Crippen molar-refractivity contribution in [3.8, 4) is 0 Å². The second-order valence-corrected chi connectivity index (χ2v) is 4.36. The predicted molar refractivity (Wildman–Crippen MR) is 64.6 cm³/mol. The number of rotatable bonds is 5. The molecule has 0 fully saturated rings. The third-order valence-corrected chi connectivity index (χ3v) is 2.87. The van der Waals surface area contributed by atoms with Crippen LogP contribution in [0.1, 0.15) is 37.7 Å². The van der Waals surface area contributed by atoms with Crippen molar-refractivity contribution in [2.45, 2.75) is 32.1 Å². The van der Waals surface area contributed by atoms with E-state index in [-0.39, 0.29) is 11.2 Å². The number of halogens is 2. The Hall–Kier alpha value is -0.530. The SMILES string of the molecule is CCCCC(C(=O)Cl)c1cccc(Cl)c1. The van der Waals surface area contributed by atoms with E-state index in [1.807, 2.05) is 18.2 Å². The average Bonchev–Trinajstić information content (AvgIpc) is 2.18. The van der Waals surface area contributed by atoms with Gasteiger partial charge in [0.25, 0.3) is 0 Å². The summed E-state index contributed by atoms with van der Waals surface area (Å²) in [6.45, 7) is 2.09. The summed E-state index contributed by atoms with van der Waals surface area (Å²) in [5, 5.41) is 0.345. The van der Waals surface area contributed by atoms with E-state index in [1.54, 1.807) is 6.07 Å². The van der Waals surface area contributed by atoms with Gasteiger partial charge in [-0.25, -0.2) is 0 Å². The first-order valence-corrected chi connectivity index (χ1v) is 5.85. The van der Waals surface area contributed by atoms with E-state index < -0.39 is 0 Å². The third kappa shape index (κ3) is 3.84. The Labute approximate surface area is 100 Å². The number of hydrogen-bond donors (Lipinski definition) is 0. The maximum atomic E-state index is 11.3. The summed E-state index contributed by atoms with van der Waals surface area (Å²) in [7, 11) is 0. The minimum absolute atomic E-state index is 0.217. The minimum Gasteiger partial charge on any atom is -0.281 e. The molecule has 0 N–H and O–H groups in total. The third-order valence-electron chi connectivity index (χ3n) is 2.37. The number of hydrogen-bond acceptors (Lipinski definition) is 1. The van der Waals surface area contributed by atoms with Gasteiger partial charge in [0.2, 0.25) is 5.24 Å². The summed E-state index contributed by atoms with van der Waals surface area (Å²) < 4.78 is 0. The lowest BCUT2D eigenvalue weighted by Gasteiger charge is -2.12. The molecule has 0 aliphatic carbocycles. The van der Waals surface area contributed by atoms with Crippen molar-refractivity contribution in [2.75, 3.05) is 0 Å². The molecule has 1 nitrogen and oxygen atoms in total. The standard InChI is InChI=1S/C12H14Cl2O/c1-2-3-7-11(12(14)15)9-5-4-6-10(13)8-9/h4-6,8,11H,2-3,7H2,1H3. The fraction of sp³-hybridized carbons (Fsp3) is 0.417. The summed E-state index contributed by atoms with van der Waals surface area (Å²) in [6, 6.07) is 7.34. The van der Waals surface area contributed by atoms with Crippen LogP contribution in [0, 0.1) is 0 Å². The second-order valence-electron chi connectivity index (χ2n) is 3.55. The maximum absolute atomic E-state index is 11.3. The molecule has 0 saturated heterocycles. The van der Waals surface area contributed by atoms with Gasteiger partial charge in [-0.2, -0.15) is 0 Å². The molecule has 0 aliphatic heterocycles. The molecule has 1 unspecified atom stereocenters. The molecule has 0 spiro atoms. The molecule has 1 rings (SSSR count). The zero-order valence-corrected chi connectivity index (χ0v) is 10.2. The molecule has 3 heteroatoms. The van der Waals surface area contributed by atoms with Crippen LogP contribution in [-0.4, -0.2) is 5.24 Å². The second kappa shape index (κ2) is 6.14. The fourth-order valence-corrected chi connectivity index (χ4v) is 1.98. The van der Waals surface area contributed by atoms with Crippen molar-refractivity contribution in [1.29, 1.82) is 0 Å². The highest BCUT2D eigenvalue weighted by Gasteiger charge is 2.17. The van der Waals surface area contributed by atoms with Crippen LogP contribution in [0.2, 0.25) is 5.02 Å². The minimum atomic E-state index is -0.300. The molecule has 0 amide bonds. The van der Waals surface area contributed by atoms with Gasteiger partial charge in [0.05, 0.1) is 5.92 Å². The molecule has 82 valence electrons. The largest absolute Gasteiger partial charge is 0.281 e. The van der Waals surface area contributed by atoms with Crippen LogP contribution in [0.5, 0.6) is 0 Å². The Balaban J connectivity index is 2.84. The van der Waals surface area contributed by atoms with E-state index in [1.165, 1.54) is 0 Å². The molecule has 1 atom stereocenters. The van der Waals surface area contributed by atoms with Crippen LogP contribution >= 0.6 is 23.2 Å². The number of carbonyl (C=O) groups is 1. The van der Waals surface area contributed by atoms with Gasteiger partial charge in [0.1, 0.15) is 0 Å². The van der Waals surface area contributed by atoms with Gasteiger partial charge in [-0.1, -0.05) is 43.5 Å². The van der Waals surface area contributed by atoms with Crippen LogP contribution in [-0.2, 0) is 4.79 Å². The van der Waals surface area contributed by atoms with Crippen LogP contribution in [0.4, 0.5) is 0 Å². The predicted octanol–water partition coefficient (Wildman–Crippen LogP) is 4.38. The number of unbranched alkanes of at least 4 members (excludes halogenated alkanes) is 1. The molecule has 0 bridgehead atoms. The van der Waals surface area contributed by atoms with Gasteiger partial charge in [-0.3, -0.25) is 4.79 Å². The number of carbonyl (C=O) groups excluding carboxylic acids is 1. The topological polar surface area (TPSA) is 17.1 Å². The Morgan fingerprint density at radius 1 is 1.47 bits per heavy atom. The summed E-state index contributed by atoms with van der Waals surface area (Å²) in [6.07, 6.45) is 2.84. The summed E-state index contributed by atoms with van der Waals surface area (Å²) in [5.41, 5.74) is 0.913. The first-order valence-electron chi connectivity index (χ1n) is 5.10. The van der Waals surface area contributed by atoms with Crippen molar-refractivity contribution < 1.29 is 4.79 Å². The quantitative estimate of drug-likeness (QED) is 0.703. The van der Waals surface area contributed by atoms with E-state index in [4.69, 9.17) is 23.2 Å². The lowest BCUT2D eigenvalue weighted by Crippen LogP contribution is -2.06. The Kier molecular flexibility index (Phi) is 5.13. The molecular formula is C12H14Cl2O. The Bertz CT molecular complexity index is 336. The van der Waals surface area contributed by atoms with Crippen LogP contribution in [0.25, 0.3) is 0 Å². The summed E-state index contributed by atoms with van der Waals surface area (Å²) in [4.78, 5) is 11.3. The van der Waals surface area contributed by atoms with E-state index >= 15 is 0 Å². The maximum Gasteiger partial charge on any atom is 0.229 e. The zero-order chi connectivity index (χ0) is 11.3. The van der Waals surface area contributed by atoms with Gasteiger partial charge in [0.15, 0.2) is 0 Å². The first kappa shape index (κ1) is 12.5. The molecular weight excluding hydrogens is 231 g/mol. The lowest BCUT2D eigenvalue weighted by atomic mass is 9.95. The van der Waals surface area contributed by atoms with Gasteiger partial charge in [0, 0.05) is 5.02 Å². The normalized spacial score (nSPS) is 12.5. The van der Waals surface area contributed by atoms with Crippen LogP contribution in [0.3, 0.4) is 0 Å². The van der Waals surface area contributed by atoms with E-state index in [0.29, 0.717) is 5.02 Å². The van der Waals surface area contributed by atoms with E-state index in [9.17, 15) is 4.79 Å². The molecule has 15 heavy (non-hydrogen) atoms. The van der Waals surface area contributed by atoms with Gasteiger partial charge in [-0.15, -0.1) is 0 Å². The van der Waals surface area contributed by atoms with Crippen molar-refractivity contribution in [1.82, 2.24) is 0 Å².